The number of nitrogens with zero attached hydrogens (tertiary/aromatic N) is 2. The number of imidazole rings is 1. The van der Waals surface area contributed by atoms with E-state index in [1.165, 1.54) is 10.8 Å². The van der Waals surface area contributed by atoms with Crippen molar-refractivity contribution in [1.29, 1.82) is 0 Å². The van der Waals surface area contributed by atoms with E-state index in [-0.39, 0.29) is 11.5 Å². The van der Waals surface area contributed by atoms with Gasteiger partial charge in [-0.15, -0.1) is 0 Å². The maximum atomic E-state index is 12.4. The van der Waals surface area contributed by atoms with Crippen LogP contribution in [0.4, 0.5) is 0 Å². The van der Waals surface area contributed by atoms with E-state index in [1.54, 1.807) is 24.3 Å². The van der Waals surface area contributed by atoms with Crippen LogP contribution in [0.15, 0.2) is 36.5 Å². The number of hydrogen-bond donors (Lipinski definition) is 3. The van der Waals surface area contributed by atoms with Crippen molar-refractivity contribution in [3.8, 4) is 0 Å². The van der Waals surface area contributed by atoms with Crippen molar-refractivity contribution in [3.05, 3.63) is 47.9 Å². The minimum absolute atomic E-state index is 0.0568. The monoisotopic (exact) mass is 273 g/mol. The summed E-state index contributed by atoms with van der Waals surface area (Å²) in [6.45, 7) is 0.476. The zero-order valence-corrected chi connectivity index (χ0v) is 10.9. The number of benzene rings is 1. The minimum atomic E-state index is -1.70. The molecule has 20 heavy (non-hydrogen) atoms. The molecule has 0 aliphatic rings. The molecule has 2 aromatic rings. The molecule has 1 aromatic heterocycles. The molecule has 0 atom stereocenters. The van der Waals surface area contributed by atoms with Gasteiger partial charge in [0, 0.05) is 18.2 Å². The Morgan fingerprint density at radius 3 is 2.60 bits per heavy atom. The summed E-state index contributed by atoms with van der Waals surface area (Å²) in [7, 11) is -1.70. The molecule has 6 nitrogen and oxygen atoms in total. The molecule has 104 valence electrons. The summed E-state index contributed by atoms with van der Waals surface area (Å²) in [5, 5.41) is 18.4. The SMILES string of the molecule is NCCCc1nc(B(O)O)cn1C(=O)c1ccccc1. The smallest absolute Gasteiger partial charge is 0.422 e. The Morgan fingerprint density at radius 1 is 1.30 bits per heavy atom. The first-order valence-electron chi connectivity index (χ1n) is 6.37. The van der Waals surface area contributed by atoms with Gasteiger partial charge in [0.1, 0.15) is 5.82 Å². The Hall–Kier alpha value is -1.96. The molecule has 0 aliphatic carbocycles. The number of nitrogens with two attached hydrogens (primary N) is 1. The van der Waals surface area contributed by atoms with Gasteiger partial charge in [0.25, 0.3) is 5.91 Å². The van der Waals surface area contributed by atoms with Crippen molar-refractivity contribution in [2.45, 2.75) is 12.8 Å². The Morgan fingerprint density at radius 2 is 2.00 bits per heavy atom. The first kappa shape index (κ1) is 14.5. The standard InChI is InChI=1S/C13H16BN3O3/c15-8-4-7-12-16-11(14(19)20)9-17(12)13(18)10-5-2-1-3-6-10/h1-3,5-6,9,19-20H,4,7-8,15H2. The average molecular weight is 273 g/mol. The second kappa shape index (κ2) is 6.47. The van der Waals surface area contributed by atoms with Crippen LogP contribution in [0.25, 0.3) is 0 Å². The van der Waals surface area contributed by atoms with Gasteiger partial charge >= 0.3 is 7.12 Å². The highest BCUT2D eigenvalue weighted by Crippen LogP contribution is 2.07. The summed E-state index contributed by atoms with van der Waals surface area (Å²) in [6.07, 6.45) is 2.52. The fourth-order valence-corrected chi connectivity index (χ4v) is 1.90. The molecule has 0 saturated carbocycles. The van der Waals surface area contributed by atoms with E-state index < -0.39 is 7.12 Å². The summed E-state index contributed by atoms with van der Waals surface area (Å²) in [6, 6.07) is 8.76. The van der Waals surface area contributed by atoms with Crippen LogP contribution in [0, 0.1) is 0 Å². The first-order chi connectivity index (χ1) is 9.63. The van der Waals surface area contributed by atoms with E-state index in [4.69, 9.17) is 5.73 Å². The molecule has 1 heterocycles. The van der Waals surface area contributed by atoms with E-state index >= 15 is 0 Å². The lowest BCUT2D eigenvalue weighted by atomic mass is 9.87. The summed E-state index contributed by atoms with van der Waals surface area (Å²) >= 11 is 0. The molecule has 2 rings (SSSR count). The van der Waals surface area contributed by atoms with Crippen molar-refractivity contribution >= 4 is 18.6 Å². The molecular weight excluding hydrogens is 257 g/mol. The topological polar surface area (TPSA) is 101 Å². The van der Waals surface area contributed by atoms with E-state index in [0.717, 1.165) is 0 Å². The molecule has 0 radical (unpaired) electrons. The van der Waals surface area contributed by atoms with E-state index in [0.29, 0.717) is 30.8 Å². The number of aromatic nitrogens is 2. The lowest BCUT2D eigenvalue weighted by Gasteiger charge is -2.05. The molecule has 4 N–H and O–H groups in total. The lowest BCUT2D eigenvalue weighted by Crippen LogP contribution is -2.31. The molecule has 7 heteroatoms. The van der Waals surface area contributed by atoms with Crippen molar-refractivity contribution in [1.82, 2.24) is 9.55 Å². The fraction of sp³-hybridized carbons (Fsp3) is 0.231. The first-order valence-corrected chi connectivity index (χ1v) is 6.37. The largest absolute Gasteiger partial charge is 0.509 e. The minimum Gasteiger partial charge on any atom is -0.422 e. The maximum Gasteiger partial charge on any atom is 0.509 e. The third-order valence-electron chi connectivity index (χ3n) is 2.91. The van der Waals surface area contributed by atoms with Crippen LogP contribution in [0.2, 0.25) is 0 Å². The molecule has 0 aliphatic heterocycles. The van der Waals surface area contributed by atoms with Crippen LogP contribution in [0.1, 0.15) is 22.6 Å². The second-order valence-electron chi connectivity index (χ2n) is 4.39. The normalized spacial score (nSPS) is 10.6. The number of hydrogen-bond acceptors (Lipinski definition) is 5. The average Bonchev–Trinajstić information content (AvgIpc) is 2.89. The zero-order valence-electron chi connectivity index (χ0n) is 10.9. The van der Waals surface area contributed by atoms with Gasteiger partial charge in [0.05, 0.1) is 5.59 Å². The predicted octanol–water partition coefficient (Wildman–Crippen LogP) is -0.857. The van der Waals surface area contributed by atoms with Crippen LogP contribution in [0.5, 0.6) is 0 Å². The van der Waals surface area contributed by atoms with Crippen molar-refractivity contribution in [2.75, 3.05) is 6.54 Å². The Kier molecular flexibility index (Phi) is 4.68. The molecule has 0 unspecified atom stereocenters. The summed E-state index contributed by atoms with van der Waals surface area (Å²) in [5.41, 5.74) is 6.03. The highest BCUT2D eigenvalue weighted by Gasteiger charge is 2.21. The van der Waals surface area contributed by atoms with Crippen molar-refractivity contribution < 1.29 is 14.8 Å². The lowest BCUT2D eigenvalue weighted by molar-refractivity contribution is 0.0956. The quantitative estimate of drug-likeness (QED) is 0.615. The second-order valence-corrected chi connectivity index (χ2v) is 4.39. The highest BCUT2D eigenvalue weighted by molar-refractivity contribution is 6.57. The van der Waals surface area contributed by atoms with Gasteiger partial charge in [-0.2, -0.15) is 0 Å². The van der Waals surface area contributed by atoms with Gasteiger partial charge < -0.3 is 15.8 Å². The van der Waals surface area contributed by atoms with Crippen LogP contribution in [-0.2, 0) is 6.42 Å². The van der Waals surface area contributed by atoms with Gasteiger partial charge in [0.15, 0.2) is 0 Å². The predicted molar refractivity (Wildman–Crippen MR) is 75.6 cm³/mol. The van der Waals surface area contributed by atoms with Gasteiger partial charge in [-0.25, -0.2) is 4.98 Å². The number of aryl methyl sites for hydroxylation is 1. The zero-order chi connectivity index (χ0) is 14.5. The third kappa shape index (κ3) is 3.13. The Bertz CT molecular complexity index is 584. The van der Waals surface area contributed by atoms with Crippen LogP contribution >= 0.6 is 0 Å². The number of carbonyl (C=O) groups excluding carboxylic acids is 1. The molecular formula is C13H16BN3O3. The van der Waals surface area contributed by atoms with Gasteiger partial charge in [-0.3, -0.25) is 9.36 Å². The van der Waals surface area contributed by atoms with Gasteiger partial charge in [-0.05, 0) is 25.1 Å². The number of rotatable bonds is 5. The molecule has 0 saturated heterocycles. The van der Waals surface area contributed by atoms with E-state index in [1.807, 2.05) is 6.07 Å². The van der Waals surface area contributed by atoms with Gasteiger partial charge in [-0.1, -0.05) is 18.2 Å². The fourth-order valence-electron chi connectivity index (χ4n) is 1.90. The molecule has 0 fully saturated rings. The van der Waals surface area contributed by atoms with Crippen LogP contribution in [0.3, 0.4) is 0 Å². The van der Waals surface area contributed by atoms with Crippen LogP contribution in [-0.4, -0.2) is 39.2 Å². The molecule has 0 spiro atoms. The summed E-state index contributed by atoms with van der Waals surface area (Å²) in [4.78, 5) is 16.5. The molecule has 0 amide bonds. The third-order valence-corrected chi connectivity index (χ3v) is 2.91. The van der Waals surface area contributed by atoms with Gasteiger partial charge in [0.2, 0.25) is 0 Å². The number of carbonyl (C=O) groups is 1. The van der Waals surface area contributed by atoms with E-state index in [9.17, 15) is 14.8 Å². The Labute approximate surface area is 117 Å². The molecule has 0 bridgehead atoms. The highest BCUT2D eigenvalue weighted by atomic mass is 16.4. The van der Waals surface area contributed by atoms with Crippen molar-refractivity contribution in [3.63, 3.8) is 0 Å². The summed E-state index contributed by atoms with van der Waals surface area (Å²) in [5.74, 6) is 0.226. The van der Waals surface area contributed by atoms with Crippen molar-refractivity contribution in [2.24, 2.45) is 5.73 Å². The maximum absolute atomic E-state index is 12.4. The van der Waals surface area contributed by atoms with E-state index in [2.05, 4.69) is 4.98 Å². The Balaban J connectivity index is 2.36. The van der Waals surface area contributed by atoms with Crippen LogP contribution < -0.4 is 11.3 Å². The molecule has 1 aromatic carbocycles. The summed E-state index contributed by atoms with van der Waals surface area (Å²) < 4.78 is 1.35.